The van der Waals surface area contributed by atoms with Crippen LogP contribution in [0.4, 0.5) is 0 Å². The number of hydrogen-bond acceptors (Lipinski definition) is 3. The highest BCUT2D eigenvalue weighted by atomic mass is 32.1. The highest BCUT2D eigenvalue weighted by molar-refractivity contribution is 7.18. The molecule has 2 aromatic carbocycles. The van der Waals surface area contributed by atoms with Gasteiger partial charge in [0.25, 0.3) is 0 Å². The molecular weight excluding hydrogens is 282 g/mol. The van der Waals surface area contributed by atoms with Gasteiger partial charge in [-0.05, 0) is 42.2 Å². The first-order chi connectivity index (χ1) is 10.2. The summed E-state index contributed by atoms with van der Waals surface area (Å²) in [5, 5.41) is 10.2. The summed E-state index contributed by atoms with van der Waals surface area (Å²) >= 11 is 1.62. The van der Waals surface area contributed by atoms with E-state index < -0.39 is 5.97 Å². The zero-order valence-corrected chi connectivity index (χ0v) is 12.1. The van der Waals surface area contributed by atoms with E-state index in [0.717, 1.165) is 28.1 Å². The van der Waals surface area contributed by atoms with Crippen LogP contribution in [-0.4, -0.2) is 16.1 Å². The minimum Gasteiger partial charge on any atom is -0.478 e. The predicted molar refractivity (Wildman–Crippen MR) is 83.2 cm³/mol. The van der Waals surface area contributed by atoms with Gasteiger partial charge in [-0.15, -0.1) is 11.3 Å². The Morgan fingerprint density at radius 3 is 2.52 bits per heavy atom. The van der Waals surface area contributed by atoms with Crippen molar-refractivity contribution in [3.05, 3.63) is 64.2 Å². The minimum absolute atomic E-state index is 0.326. The summed E-state index contributed by atoms with van der Waals surface area (Å²) in [7, 11) is 0. The molecule has 0 bridgehead atoms. The van der Waals surface area contributed by atoms with Gasteiger partial charge in [0.1, 0.15) is 0 Å². The standard InChI is InChI=1S/C17H13NO2S/c19-17(20)12-5-6-14-15(9-12)21-16(18-14)13-7-10-3-1-2-4-11(10)8-13/h1-6,9,13H,7-8H2,(H,19,20). The second-order valence-electron chi connectivity index (χ2n) is 5.41. The number of benzene rings is 2. The highest BCUT2D eigenvalue weighted by Gasteiger charge is 2.25. The van der Waals surface area contributed by atoms with Crippen molar-refractivity contribution < 1.29 is 9.90 Å². The van der Waals surface area contributed by atoms with Crippen molar-refractivity contribution >= 4 is 27.5 Å². The highest BCUT2D eigenvalue weighted by Crippen LogP contribution is 2.37. The SMILES string of the molecule is O=C(O)c1ccc2nc(C3Cc4ccccc4C3)sc2c1. The molecule has 0 atom stereocenters. The molecule has 21 heavy (non-hydrogen) atoms. The fourth-order valence-corrected chi connectivity index (χ4v) is 4.09. The van der Waals surface area contributed by atoms with E-state index in [4.69, 9.17) is 10.1 Å². The van der Waals surface area contributed by atoms with Crippen molar-refractivity contribution in [3.8, 4) is 0 Å². The first-order valence-corrected chi connectivity index (χ1v) is 7.73. The van der Waals surface area contributed by atoms with Gasteiger partial charge in [-0.25, -0.2) is 9.78 Å². The number of thiazole rings is 1. The molecule has 0 radical (unpaired) electrons. The van der Waals surface area contributed by atoms with Crippen molar-refractivity contribution in [3.63, 3.8) is 0 Å². The Hall–Kier alpha value is -2.20. The second-order valence-corrected chi connectivity index (χ2v) is 6.48. The lowest BCUT2D eigenvalue weighted by Gasteiger charge is -2.02. The van der Waals surface area contributed by atoms with Gasteiger partial charge in [0, 0.05) is 5.92 Å². The maximum absolute atomic E-state index is 11.0. The molecule has 1 heterocycles. The summed E-state index contributed by atoms with van der Waals surface area (Å²) in [6.45, 7) is 0. The van der Waals surface area contributed by atoms with Crippen molar-refractivity contribution in [2.24, 2.45) is 0 Å². The number of nitrogens with zero attached hydrogens (tertiary/aromatic N) is 1. The summed E-state index contributed by atoms with van der Waals surface area (Å²) in [6, 6.07) is 13.7. The summed E-state index contributed by atoms with van der Waals surface area (Å²) < 4.78 is 0.959. The molecule has 0 unspecified atom stereocenters. The molecule has 4 heteroatoms. The Labute approximate surface area is 125 Å². The maximum Gasteiger partial charge on any atom is 0.335 e. The molecule has 0 fully saturated rings. The molecule has 4 rings (SSSR count). The van der Waals surface area contributed by atoms with Crippen LogP contribution < -0.4 is 0 Å². The second kappa shape index (κ2) is 4.67. The Morgan fingerprint density at radius 2 is 1.86 bits per heavy atom. The number of rotatable bonds is 2. The zero-order valence-electron chi connectivity index (χ0n) is 11.2. The summed E-state index contributed by atoms with van der Waals surface area (Å²) in [4.78, 5) is 15.7. The number of carboxylic acids is 1. The molecule has 0 saturated carbocycles. The van der Waals surface area contributed by atoms with Gasteiger partial charge >= 0.3 is 5.97 Å². The quantitative estimate of drug-likeness (QED) is 0.780. The first kappa shape index (κ1) is 12.5. The number of hydrogen-bond donors (Lipinski definition) is 1. The predicted octanol–water partition coefficient (Wildman–Crippen LogP) is 3.88. The molecule has 0 saturated heterocycles. The molecule has 3 nitrogen and oxygen atoms in total. The molecule has 1 aromatic heterocycles. The van der Waals surface area contributed by atoms with Crippen LogP contribution in [0.25, 0.3) is 10.2 Å². The third-order valence-electron chi connectivity index (χ3n) is 4.05. The zero-order chi connectivity index (χ0) is 14.4. The third-order valence-corrected chi connectivity index (χ3v) is 5.23. The van der Waals surface area contributed by atoms with Gasteiger partial charge in [0.2, 0.25) is 0 Å². The lowest BCUT2D eigenvalue weighted by Crippen LogP contribution is -1.96. The molecule has 1 aliphatic rings. The Kier molecular flexibility index (Phi) is 2.79. The van der Waals surface area contributed by atoms with Crippen LogP contribution in [0, 0.1) is 0 Å². The number of aromatic nitrogens is 1. The molecule has 0 aliphatic heterocycles. The van der Waals surface area contributed by atoms with E-state index in [9.17, 15) is 4.79 Å². The number of carbonyl (C=O) groups is 1. The molecule has 0 spiro atoms. The van der Waals surface area contributed by atoms with Gasteiger partial charge in [-0.3, -0.25) is 0 Å². The van der Waals surface area contributed by atoms with E-state index in [1.165, 1.54) is 11.1 Å². The monoisotopic (exact) mass is 295 g/mol. The molecular formula is C17H13NO2S. The van der Waals surface area contributed by atoms with E-state index >= 15 is 0 Å². The fraction of sp³-hybridized carbons (Fsp3) is 0.176. The van der Waals surface area contributed by atoms with Crippen molar-refractivity contribution in [2.45, 2.75) is 18.8 Å². The minimum atomic E-state index is -0.889. The van der Waals surface area contributed by atoms with E-state index in [1.54, 1.807) is 29.5 Å². The van der Waals surface area contributed by atoms with Gasteiger partial charge in [0.15, 0.2) is 0 Å². The average molecular weight is 295 g/mol. The van der Waals surface area contributed by atoms with E-state index in [0.29, 0.717) is 11.5 Å². The van der Waals surface area contributed by atoms with Gasteiger partial charge in [0.05, 0.1) is 20.8 Å². The summed E-state index contributed by atoms with van der Waals surface area (Å²) in [5.41, 5.74) is 4.05. The van der Waals surface area contributed by atoms with E-state index in [2.05, 4.69) is 24.3 Å². The van der Waals surface area contributed by atoms with Gasteiger partial charge in [-0.1, -0.05) is 24.3 Å². The Balaban J connectivity index is 1.71. The van der Waals surface area contributed by atoms with Crippen molar-refractivity contribution in [2.75, 3.05) is 0 Å². The van der Waals surface area contributed by atoms with Crippen LogP contribution in [0.1, 0.15) is 32.4 Å². The largest absolute Gasteiger partial charge is 0.478 e. The normalized spacial score (nSPS) is 14.5. The van der Waals surface area contributed by atoms with Gasteiger partial charge in [-0.2, -0.15) is 0 Å². The fourth-order valence-electron chi connectivity index (χ4n) is 2.98. The molecule has 3 aromatic rings. The summed E-state index contributed by atoms with van der Waals surface area (Å²) in [6.07, 6.45) is 2.06. The summed E-state index contributed by atoms with van der Waals surface area (Å²) in [5.74, 6) is -0.465. The smallest absolute Gasteiger partial charge is 0.335 e. The third kappa shape index (κ3) is 2.12. The van der Waals surface area contributed by atoms with Crippen LogP contribution in [0.3, 0.4) is 0 Å². The first-order valence-electron chi connectivity index (χ1n) is 6.91. The Bertz CT molecular complexity index is 828. The van der Waals surface area contributed by atoms with Crippen molar-refractivity contribution in [1.29, 1.82) is 0 Å². The molecule has 104 valence electrons. The molecule has 0 amide bonds. The van der Waals surface area contributed by atoms with Crippen LogP contribution in [0.15, 0.2) is 42.5 Å². The van der Waals surface area contributed by atoms with Crippen LogP contribution in [-0.2, 0) is 12.8 Å². The number of carboxylic acid groups (broad SMARTS) is 1. The number of aromatic carboxylic acids is 1. The number of fused-ring (bicyclic) bond motifs is 2. The van der Waals surface area contributed by atoms with E-state index in [-0.39, 0.29) is 0 Å². The molecule has 1 N–H and O–H groups in total. The topological polar surface area (TPSA) is 50.2 Å². The van der Waals surface area contributed by atoms with Crippen molar-refractivity contribution in [1.82, 2.24) is 4.98 Å². The van der Waals surface area contributed by atoms with E-state index in [1.807, 2.05) is 0 Å². The lowest BCUT2D eigenvalue weighted by atomic mass is 10.1. The van der Waals surface area contributed by atoms with Crippen LogP contribution >= 0.6 is 11.3 Å². The lowest BCUT2D eigenvalue weighted by molar-refractivity contribution is 0.0697. The molecule has 1 aliphatic carbocycles. The Morgan fingerprint density at radius 1 is 1.14 bits per heavy atom. The van der Waals surface area contributed by atoms with Gasteiger partial charge < -0.3 is 5.11 Å². The van der Waals surface area contributed by atoms with Crippen LogP contribution in [0.2, 0.25) is 0 Å². The maximum atomic E-state index is 11.0. The van der Waals surface area contributed by atoms with Crippen LogP contribution in [0.5, 0.6) is 0 Å². The average Bonchev–Trinajstić information content (AvgIpc) is 3.09.